The fourth-order valence-corrected chi connectivity index (χ4v) is 7.82. The molecule has 10 heteroatoms. The van der Waals surface area contributed by atoms with E-state index >= 15 is 0 Å². The molecule has 0 saturated heterocycles. The molecule has 2 aliphatic carbocycles. The average Bonchev–Trinajstić information content (AvgIpc) is 3.43. The van der Waals surface area contributed by atoms with Crippen LogP contribution in [-0.4, -0.2) is 29.7 Å². The number of hydrogen-bond acceptors (Lipinski definition) is 8. The predicted octanol–water partition coefficient (Wildman–Crippen LogP) is 4.94. The molecule has 4 aromatic rings. The van der Waals surface area contributed by atoms with Gasteiger partial charge in [-0.3, -0.25) is 14.4 Å². The Bertz CT molecular complexity index is 1770. The molecule has 1 fully saturated rings. The Labute approximate surface area is 260 Å². The quantitative estimate of drug-likeness (QED) is 0.185. The molecule has 2 amide bonds. The van der Waals surface area contributed by atoms with Crippen LogP contribution >= 0.6 is 11.3 Å². The number of ether oxygens (including phenoxy) is 1. The third-order valence-corrected chi connectivity index (χ3v) is 10.1. The Morgan fingerprint density at radius 1 is 0.977 bits per heavy atom. The van der Waals surface area contributed by atoms with Crippen molar-refractivity contribution in [1.29, 1.82) is 0 Å². The van der Waals surface area contributed by atoms with E-state index in [9.17, 15) is 14.4 Å². The van der Waals surface area contributed by atoms with Gasteiger partial charge in [-0.15, -0.1) is 11.3 Å². The summed E-state index contributed by atoms with van der Waals surface area (Å²) in [5.41, 5.74) is 21.5. The molecule has 2 aliphatic rings. The molecule has 0 radical (unpaired) electrons. The maximum atomic E-state index is 14.2. The average molecular weight is 612 g/mol. The van der Waals surface area contributed by atoms with E-state index in [4.69, 9.17) is 21.9 Å². The summed E-state index contributed by atoms with van der Waals surface area (Å²) in [6.07, 6.45) is 3.83. The Balaban J connectivity index is 1.39. The summed E-state index contributed by atoms with van der Waals surface area (Å²) >= 11 is 1.22. The zero-order valence-electron chi connectivity index (χ0n) is 24.8. The highest BCUT2D eigenvalue weighted by Gasteiger charge is 2.49. The molecule has 0 bridgehead atoms. The summed E-state index contributed by atoms with van der Waals surface area (Å²) in [6, 6.07) is 16.8. The van der Waals surface area contributed by atoms with Gasteiger partial charge in [0.2, 0.25) is 5.91 Å². The van der Waals surface area contributed by atoms with Gasteiger partial charge >= 0.3 is 0 Å². The van der Waals surface area contributed by atoms with Gasteiger partial charge in [-0.05, 0) is 66.8 Å². The number of aryl methyl sites for hydroxylation is 1. The molecule has 1 heterocycles. The highest BCUT2D eigenvalue weighted by atomic mass is 32.1. The first-order chi connectivity index (χ1) is 21.1. The molecule has 0 spiro atoms. The lowest BCUT2D eigenvalue weighted by Gasteiger charge is -2.37. The van der Waals surface area contributed by atoms with Gasteiger partial charge in [0, 0.05) is 35.1 Å². The molecule has 44 heavy (non-hydrogen) atoms. The van der Waals surface area contributed by atoms with Crippen LogP contribution in [-0.2, 0) is 15.1 Å². The van der Waals surface area contributed by atoms with E-state index in [-0.39, 0.29) is 23.9 Å². The monoisotopic (exact) mass is 611 g/mol. The van der Waals surface area contributed by atoms with Crippen LogP contribution in [0.5, 0.6) is 11.5 Å². The van der Waals surface area contributed by atoms with Gasteiger partial charge in [-0.2, -0.15) is 0 Å². The lowest BCUT2D eigenvalue weighted by Crippen LogP contribution is -2.54. The standard InChI is InChI=1S/C34H37N5O4S/c1-3-26(40)38-24-11-7-8-12-25(24)39-33(42)31-28-27-22(15-16-23(35)30(27)44-31)34(37,32(41)29(28)36)21-14-13-20(17-18(21)2)43-19-9-5-4-6-10-19/h4-6,9-10,13-17,24-25,29H,3,7-8,11-12,35-37H2,1-2H3,(H,38,40)(H,39,42)/t24-,25+,29?,34?/m1/s1. The number of nitrogens with two attached hydrogens (primary N) is 3. The predicted molar refractivity (Wildman–Crippen MR) is 173 cm³/mol. The van der Waals surface area contributed by atoms with E-state index in [1.54, 1.807) is 31.2 Å². The van der Waals surface area contributed by atoms with E-state index in [1.807, 2.05) is 43.3 Å². The minimum Gasteiger partial charge on any atom is -0.457 e. The fraction of sp³-hybridized carbons (Fsp3) is 0.324. The van der Waals surface area contributed by atoms with Crippen LogP contribution in [0.1, 0.15) is 77.0 Å². The number of benzene rings is 3. The molecule has 3 aromatic carbocycles. The largest absolute Gasteiger partial charge is 0.457 e. The second-order valence-corrected chi connectivity index (χ2v) is 12.7. The van der Waals surface area contributed by atoms with E-state index in [0.717, 1.165) is 31.2 Å². The van der Waals surface area contributed by atoms with Gasteiger partial charge in [0.1, 0.15) is 17.0 Å². The van der Waals surface area contributed by atoms with Crippen molar-refractivity contribution >= 4 is 44.7 Å². The first-order valence-electron chi connectivity index (χ1n) is 15.0. The van der Waals surface area contributed by atoms with Gasteiger partial charge in [0.15, 0.2) is 5.78 Å². The topological polar surface area (TPSA) is 163 Å². The number of carbonyl (C=O) groups is 3. The Morgan fingerprint density at radius 3 is 2.34 bits per heavy atom. The van der Waals surface area contributed by atoms with Crippen LogP contribution < -0.4 is 32.6 Å². The first-order valence-corrected chi connectivity index (χ1v) is 15.8. The van der Waals surface area contributed by atoms with Crippen molar-refractivity contribution < 1.29 is 19.1 Å². The maximum Gasteiger partial charge on any atom is 0.262 e. The highest BCUT2D eigenvalue weighted by Crippen LogP contribution is 2.50. The highest BCUT2D eigenvalue weighted by molar-refractivity contribution is 7.21. The van der Waals surface area contributed by atoms with Crippen LogP contribution in [0.25, 0.3) is 10.1 Å². The molecule has 2 unspecified atom stereocenters. The fourth-order valence-electron chi connectivity index (χ4n) is 6.61. The van der Waals surface area contributed by atoms with Crippen LogP contribution in [0.4, 0.5) is 5.69 Å². The minimum absolute atomic E-state index is 0.0487. The zero-order valence-corrected chi connectivity index (χ0v) is 25.6. The number of para-hydroxylation sites is 1. The molecule has 8 N–H and O–H groups in total. The molecule has 1 aromatic heterocycles. The minimum atomic E-state index is -1.57. The van der Waals surface area contributed by atoms with Crippen molar-refractivity contribution in [2.45, 2.75) is 69.6 Å². The number of nitrogens with one attached hydrogen (secondary N) is 2. The number of thiophene rings is 1. The number of nitrogen functional groups attached to an aromatic ring is 1. The third kappa shape index (κ3) is 5.02. The Kier molecular flexibility index (Phi) is 7.91. The van der Waals surface area contributed by atoms with E-state index in [1.165, 1.54) is 11.3 Å². The molecular weight excluding hydrogens is 574 g/mol. The Hall–Kier alpha value is -4.25. The lowest BCUT2D eigenvalue weighted by molar-refractivity contribution is -0.125. The number of rotatable bonds is 7. The van der Waals surface area contributed by atoms with E-state index < -0.39 is 17.4 Å². The Morgan fingerprint density at radius 2 is 1.66 bits per heavy atom. The number of hydrogen-bond donors (Lipinski definition) is 5. The third-order valence-electron chi connectivity index (χ3n) is 8.87. The lowest BCUT2D eigenvalue weighted by atomic mass is 9.69. The maximum absolute atomic E-state index is 14.2. The number of amides is 2. The SMILES string of the molecule is CCC(=O)N[C@@H]1CCCC[C@@H]1NC(=O)c1sc2c(N)ccc3c2c1C(N)C(=O)C3(N)c1ccc(Oc2ccccc2)cc1C. The van der Waals surface area contributed by atoms with E-state index in [2.05, 4.69) is 10.6 Å². The summed E-state index contributed by atoms with van der Waals surface area (Å²) in [5, 5.41) is 6.84. The van der Waals surface area contributed by atoms with Gasteiger partial charge in [-0.25, -0.2) is 0 Å². The zero-order chi connectivity index (χ0) is 31.2. The van der Waals surface area contributed by atoms with Gasteiger partial charge in [0.05, 0.1) is 15.6 Å². The van der Waals surface area contributed by atoms with Crippen LogP contribution in [0.2, 0.25) is 0 Å². The van der Waals surface area contributed by atoms with Crippen molar-refractivity contribution in [1.82, 2.24) is 10.6 Å². The summed E-state index contributed by atoms with van der Waals surface area (Å²) < 4.78 is 6.67. The molecule has 6 rings (SSSR count). The second kappa shape index (κ2) is 11.7. The molecule has 4 atom stereocenters. The number of Topliss-reactive ketones (excluding diaryl/α,β-unsaturated/α-hetero) is 1. The van der Waals surface area contributed by atoms with E-state index in [0.29, 0.717) is 55.3 Å². The number of ketones is 1. The van der Waals surface area contributed by atoms with Crippen molar-refractivity contribution in [3.05, 3.63) is 87.8 Å². The normalized spacial score (nSPS) is 22.9. The molecule has 1 saturated carbocycles. The van der Waals surface area contributed by atoms with Gasteiger partial charge in [0.25, 0.3) is 5.91 Å². The van der Waals surface area contributed by atoms with Crippen molar-refractivity contribution in [2.24, 2.45) is 11.5 Å². The van der Waals surface area contributed by atoms with Crippen molar-refractivity contribution in [3.63, 3.8) is 0 Å². The number of anilines is 1. The van der Waals surface area contributed by atoms with Crippen molar-refractivity contribution in [3.8, 4) is 11.5 Å². The van der Waals surface area contributed by atoms with Gasteiger partial charge < -0.3 is 32.6 Å². The number of carbonyl (C=O) groups excluding carboxylic acids is 3. The molecule has 9 nitrogen and oxygen atoms in total. The second-order valence-electron chi connectivity index (χ2n) is 11.7. The summed E-state index contributed by atoms with van der Waals surface area (Å²) in [7, 11) is 0. The summed E-state index contributed by atoms with van der Waals surface area (Å²) in [5.74, 6) is 0.517. The smallest absolute Gasteiger partial charge is 0.262 e. The van der Waals surface area contributed by atoms with Crippen LogP contribution in [0.3, 0.4) is 0 Å². The van der Waals surface area contributed by atoms with Crippen LogP contribution in [0, 0.1) is 6.92 Å². The summed E-state index contributed by atoms with van der Waals surface area (Å²) in [6.45, 7) is 3.69. The summed E-state index contributed by atoms with van der Waals surface area (Å²) in [4.78, 5) is 40.6. The first kappa shape index (κ1) is 29.8. The molecular formula is C34H37N5O4S. The molecule has 228 valence electrons. The molecule has 0 aliphatic heterocycles. The van der Waals surface area contributed by atoms with Gasteiger partial charge in [-0.1, -0.05) is 50.1 Å². The van der Waals surface area contributed by atoms with Crippen LogP contribution in [0.15, 0.2) is 60.7 Å². The van der Waals surface area contributed by atoms with Crippen molar-refractivity contribution in [2.75, 3.05) is 5.73 Å².